The number of likely N-dealkylation sites (N-methyl/N-ethyl adjacent to an activating group) is 1. The normalized spacial score (nSPS) is 13.4. The summed E-state index contributed by atoms with van der Waals surface area (Å²) in [6, 6.07) is 21.0. The molecule has 1 aliphatic heterocycles. The van der Waals surface area contributed by atoms with Crippen LogP contribution < -0.4 is 10.2 Å². The Labute approximate surface area is 164 Å². The van der Waals surface area contributed by atoms with Gasteiger partial charge in [0.25, 0.3) is 0 Å². The zero-order valence-corrected chi connectivity index (χ0v) is 16.0. The third-order valence-electron chi connectivity index (χ3n) is 5.25. The van der Waals surface area contributed by atoms with E-state index in [1.165, 1.54) is 39.0 Å². The van der Waals surface area contributed by atoms with Crippen LogP contribution in [-0.4, -0.2) is 23.6 Å². The molecule has 2 aromatic heterocycles. The van der Waals surface area contributed by atoms with E-state index in [-0.39, 0.29) is 0 Å². The first-order valence-electron chi connectivity index (χ1n) is 9.50. The summed E-state index contributed by atoms with van der Waals surface area (Å²) in [4.78, 5) is 10.2. The van der Waals surface area contributed by atoms with Crippen LogP contribution in [0.4, 0.5) is 17.3 Å². The zero-order chi connectivity index (χ0) is 19.1. The van der Waals surface area contributed by atoms with Crippen molar-refractivity contribution in [2.75, 3.05) is 23.8 Å². The van der Waals surface area contributed by atoms with Crippen molar-refractivity contribution in [2.45, 2.75) is 6.92 Å². The lowest BCUT2D eigenvalue weighted by Gasteiger charge is -2.25. The molecule has 2 N–H and O–H groups in total. The van der Waals surface area contributed by atoms with Gasteiger partial charge >= 0.3 is 0 Å². The third kappa shape index (κ3) is 2.93. The third-order valence-corrected chi connectivity index (χ3v) is 5.25. The lowest BCUT2D eigenvalue weighted by atomic mass is 9.98. The van der Waals surface area contributed by atoms with Crippen LogP contribution >= 0.6 is 0 Å². The molecule has 0 aliphatic carbocycles. The topological polar surface area (TPSA) is 44.0 Å². The van der Waals surface area contributed by atoms with Gasteiger partial charge in [-0.15, -0.1) is 0 Å². The van der Waals surface area contributed by atoms with Gasteiger partial charge in [-0.2, -0.15) is 0 Å². The molecule has 0 saturated carbocycles. The van der Waals surface area contributed by atoms with Gasteiger partial charge in [0.2, 0.25) is 0 Å². The van der Waals surface area contributed by atoms with Crippen molar-refractivity contribution in [3.05, 3.63) is 83.6 Å². The highest BCUT2D eigenvalue weighted by atomic mass is 15.2. The molecule has 4 heteroatoms. The van der Waals surface area contributed by atoms with Gasteiger partial charge < -0.3 is 15.2 Å². The van der Waals surface area contributed by atoms with E-state index < -0.39 is 0 Å². The van der Waals surface area contributed by atoms with Crippen molar-refractivity contribution in [1.29, 1.82) is 0 Å². The predicted octanol–water partition coefficient (Wildman–Crippen LogP) is 5.61. The fourth-order valence-corrected chi connectivity index (χ4v) is 3.87. The minimum atomic E-state index is 0.851. The summed E-state index contributed by atoms with van der Waals surface area (Å²) in [6.45, 7) is 3.01. The number of rotatable bonds is 3. The molecule has 0 radical (unpaired) electrons. The molecule has 0 bridgehead atoms. The molecule has 0 atom stereocenters. The van der Waals surface area contributed by atoms with E-state index in [0.717, 1.165) is 18.1 Å². The van der Waals surface area contributed by atoms with Crippen molar-refractivity contribution in [2.24, 2.45) is 0 Å². The van der Waals surface area contributed by atoms with Crippen molar-refractivity contribution in [3.8, 4) is 0 Å². The number of aromatic amines is 1. The summed E-state index contributed by atoms with van der Waals surface area (Å²) < 4.78 is 0. The summed E-state index contributed by atoms with van der Waals surface area (Å²) in [7, 11) is 2.14. The molecular formula is C24H22N4. The number of nitrogens with one attached hydrogen (secondary N) is 2. The highest BCUT2D eigenvalue weighted by Gasteiger charge is 2.20. The summed E-state index contributed by atoms with van der Waals surface area (Å²) in [5, 5.41) is 4.67. The summed E-state index contributed by atoms with van der Waals surface area (Å²) >= 11 is 0. The van der Waals surface area contributed by atoms with Crippen LogP contribution in [-0.2, 0) is 0 Å². The minimum Gasteiger partial charge on any atom is -0.356 e. The van der Waals surface area contributed by atoms with Gasteiger partial charge in [-0.05, 0) is 60.5 Å². The van der Waals surface area contributed by atoms with Gasteiger partial charge in [-0.1, -0.05) is 29.8 Å². The Morgan fingerprint density at radius 3 is 2.82 bits per heavy atom. The lowest BCUT2D eigenvalue weighted by Crippen LogP contribution is -2.23. The molecule has 0 amide bonds. The van der Waals surface area contributed by atoms with Crippen LogP contribution in [0, 0.1) is 6.92 Å². The number of H-pyrrole nitrogens is 1. The van der Waals surface area contributed by atoms with Crippen molar-refractivity contribution < 1.29 is 0 Å². The average molecular weight is 366 g/mol. The molecule has 4 nitrogen and oxygen atoms in total. The molecule has 3 heterocycles. The Hall–Kier alpha value is -3.53. The molecule has 138 valence electrons. The number of aromatic nitrogens is 2. The summed E-state index contributed by atoms with van der Waals surface area (Å²) in [6.07, 6.45) is 4.12. The van der Waals surface area contributed by atoms with Crippen molar-refractivity contribution >= 4 is 39.9 Å². The second-order valence-corrected chi connectivity index (χ2v) is 7.38. The van der Waals surface area contributed by atoms with Crippen molar-refractivity contribution in [1.82, 2.24) is 9.97 Å². The number of nitrogens with zero attached hydrogens (tertiary/aromatic N) is 2. The maximum atomic E-state index is 4.36. The second kappa shape index (κ2) is 6.57. The molecule has 0 saturated heterocycles. The molecule has 0 fully saturated rings. The zero-order valence-electron chi connectivity index (χ0n) is 16.0. The SMILES string of the molecule is Cc1ccc2[nH]c3c(c2c1)C=C(c1cccc(Nc2ccccn2)c1)CN3C. The van der Waals surface area contributed by atoms with Gasteiger partial charge in [0.05, 0.1) is 0 Å². The van der Waals surface area contributed by atoms with E-state index >= 15 is 0 Å². The van der Waals surface area contributed by atoms with E-state index in [4.69, 9.17) is 0 Å². The fourth-order valence-electron chi connectivity index (χ4n) is 3.87. The number of pyridine rings is 1. The molecular weight excluding hydrogens is 344 g/mol. The number of aryl methyl sites for hydroxylation is 1. The number of hydrogen-bond donors (Lipinski definition) is 2. The maximum absolute atomic E-state index is 4.36. The van der Waals surface area contributed by atoms with E-state index in [1.54, 1.807) is 6.20 Å². The minimum absolute atomic E-state index is 0.851. The number of benzene rings is 2. The van der Waals surface area contributed by atoms with Crippen LogP contribution in [0.5, 0.6) is 0 Å². The first kappa shape index (κ1) is 16.6. The number of hydrogen-bond acceptors (Lipinski definition) is 3. The largest absolute Gasteiger partial charge is 0.356 e. The highest BCUT2D eigenvalue weighted by Crippen LogP contribution is 2.37. The van der Waals surface area contributed by atoms with Crippen LogP contribution in [0.3, 0.4) is 0 Å². The molecule has 4 aromatic rings. The van der Waals surface area contributed by atoms with Gasteiger partial charge in [0, 0.05) is 41.9 Å². The van der Waals surface area contributed by atoms with Crippen LogP contribution in [0.25, 0.3) is 22.6 Å². The highest BCUT2D eigenvalue weighted by molar-refractivity contribution is 6.03. The number of anilines is 3. The molecule has 1 aliphatic rings. The fraction of sp³-hybridized carbons (Fsp3) is 0.125. The molecule has 0 spiro atoms. The van der Waals surface area contributed by atoms with Crippen LogP contribution in [0.1, 0.15) is 16.7 Å². The Morgan fingerprint density at radius 2 is 1.96 bits per heavy atom. The Balaban J connectivity index is 1.55. The van der Waals surface area contributed by atoms with Gasteiger partial charge in [0.1, 0.15) is 11.6 Å². The number of fused-ring (bicyclic) bond motifs is 3. The monoisotopic (exact) mass is 366 g/mol. The van der Waals surface area contributed by atoms with Gasteiger partial charge in [-0.25, -0.2) is 4.98 Å². The van der Waals surface area contributed by atoms with E-state index in [9.17, 15) is 0 Å². The van der Waals surface area contributed by atoms with E-state index in [0.29, 0.717) is 0 Å². The first-order chi connectivity index (χ1) is 13.7. The Morgan fingerprint density at radius 1 is 1.04 bits per heavy atom. The summed E-state index contributed by atoms with van der Waals surface area (Å²) in [5.41, 5.74) is 7.30. The van der Waals surface area contributed by atoms with Gasteiger partial charge in [0.15, 0.2) is 0 Å². The molecule has 2 aromatic carbocycles. The molecule has 28 heavy (non-hydrogen) atoms. The quantitative estimate of drug-likeness (QED) is 0.496. The Kier molecular flexibility index (Phi) is 3.90. The van der Waals surface area contributed by atoms with Crippen molar-refractivity contribution in [3.63, 3.8) is 0 Å². The predicted molar refractivity (Wildman–Crippen MR) is 118 cm³/mol. The van der Waals surface area contributed by atoms with Gasteiger partial charge in [-0.3, -0.25) is 0 Å². The summed E-state index contributed by atoms with van der Waals surface area (Å²) in [5.74, 6) is 2.04. The van der Waals surface area contributed by atoms with E-state index in [1.807, 2.05) is 18.2 Å². The smallest absolute Gasteiger partial charge is 0.130 e. The Bertz CT molecular complexity index is 1190. The van der Waals surface area contributed by atoms with Crippen LogP contribution in [0.2, 0.25) is 0 Å². The second-order valence-electron chi connectivity index (χ2n) is 7.38. The first-order valence-corrected chi connectivity index (χ1v) is 9.50. The molecule has 5 rings (SSSR count). The molecule has 0 unspecified atom stereocenters. The lowest BCUT2D eigenvalue weighted by molar-refractivity contribution is 1.01. The van der Waals surface area contributed by atoms with Crippen LogP contribution in [0.15, 0.2) is 66.9 Å². The maximum Gasteiger partial charge on any atom is 0.130 e. The van der Waals surface area contributed by atoms with E-state index in [2.05, 4.69) is 82.7 Å². The average Bonchev–Trinajstić information content (AvgIpc) is 3.07. The standard InChI is InChI=1S/C24H22N4/c1-16-9-10-22-20(12-16)21-14-18(15-28(2)24(21)27-22)17-6-5-7-19(13-17)26-23-8-3-4-11-25-23/h3-14,27H,15H2,1-2H3,(H,25,26).